The molecule has 1 N–H and O–H groups in total. The number of hydrogen-bond donors (Lipinski definition) is 1. The van der Waals surface area contributed by atoms with Crippen LogP contribution >= 0.6 is 0 Å². The number of hydrazone groups is 1. The highest BCUT2D eigenvalue weighted by molar-refractivity contribution is 5.69. The van der Waals surface area contributed by atoms with Gasteiger partial charge in [-0.2, -0.15) is 5.10 Å². The molecule has 1 atom stereocenters. The van der Waals surface area contributed by atoms with E-state index in [2.05, 4.69) is 40.3 Å². The van der Waals surface area contributed by atoms with Gasteiger partial charge in [0.15, 0.2) is 0 Å². The van der Waals surface area contributed by atoms with Gasteiger partial charge in [0.2, 0.25) is 0 Å². The van der Waals surface area contributed by atoms with Gasteiger partial charge in [-0.15, -0.1) is 0 Å². The SMILES string of the molecule is COc1ccccc1N1N=CCC1CC1(O)CCN(Cc2ccccc2)CC1. The van der Waals surface area contributed by atoms with Crippen molar-refractivity contribution in [2.75, 3.05) is 25.2 Å². The normalized spacial score (nSPS) is 21.8. The van der Waals surface area contributed by atoms with Gasteiger partial charge in [-0.25, -0.2) is 0 Å². The Balaban J connectivity index is 1.37. The lowest BCUT2D eigenvalue weighted by molar-refractivity contribution is -0.0334. The lowest BCUT2D eigenvalue weighted by Crippen LogP contribution is -2.47. The highest BCUT2D eigenvalue weighted by Gasteiger charge is 2.38. The summed E-state index contributed by atoms with van der Waals surface area (Å²) < 4.78 is 5.51. The molecule has 0 saturated carbocycles. The van der Waals surface area contributed by atoms with Crippen molar-refractivity contribution in [2.45, 2.75) is 43.9 Å². The zero-order valence-corrected chi connectivity index (χ0v) is 16.5. The van der Waals surface area contributed by atoms with E-state index in [0.717, 1.165) is 56.8 Å². The van der Waals surface area contributed by atoms with Crippen molar-refractivity contribution in [2.24, 2.45) is 5.10 Å². The molecular weight excluding hydrogens is 350 g/mol. The van der Waals surface area contributed by atoms with Gasteiger partial charge >= 0.3 is 0 Å². The second kappa shape index (κ2) is 8.33. The van der Waals surface area contributed by atoms with Crippen LogP contribution in [-0.4, -0.2) is 48.1 Å². The molecule has 1 unspecified atom stereocenters. The van der Waals surface area contributed by atoms with Crippen molar-refractivity contribution in [3.63, 3.8) is 0 Å². The van der Waals surface area contributed by atoms with Crippen LogP contribution in [-0.2, 0) is 6.54 Å². The monoisotopic (exact) mass is 379 g/mol. The lowest BCUT2D eigenvalue weighted by atomic mass is 9.84. The van der Waals surface area contributed by atoms with Crippen LogP contribution < -0.4 is 9.75 Å². The number of anilines is 1. The summed E-state index contributed by atoms with van der Waals surface area (Å²) in [6.45, 7) is 2.80. The molecule has 4 rings (SSSR count). The van der Waals surface area contributed by atoms with Crippen molar-refractivity contribution in [3.8, 4) is 5.75 Å². The molecule has 0 spiro atoms. The fourth-order valence-corrected chi connectivity index (χ4v) is 4.31. The Morgan fingerprint density at radius 2 is 1.79 bits per heavy atom. The van der Waals surface area contributed by atoms with Crippen LogP contribution in [0.2, 0.25) is 0 Å². The van der Waals surface area contributed by atoms with E-state index in [1.165, 1.54) is 5.56 Å². The van der Waals surface area contributed by atoms with Crippen molar-refractivity contribution in [1.29, 1.82) is 0 Å². The summed E-state index contributed by atoms with van der Waals surface area (Å²) in [6, 6.07) is 18.7. The van der Waals surface area contributed by atoms with Crippen molar-refractivity contribution in [3.05, 3.63) is 60.2 Å². The second-order valence-electron chi connectivity index (χ2n) is 7.89. The standard InChI is InChI=1S/C23H29N3O2/c1-28-22-10-6-5-9-21(22)26-20(11-14-24-26)17-23(27)12-15-25(16-13-23)18-19-7-3-2-4-8-19/h2-10,14,20,27H,11-13,15-18H2,1H3. The fraction of sp³-hybridized carbons (Fsp3) is 0.435. The number of hydrogen-bond acceptors (Lipinski definition) is 5. The number of para-hydroxylation sites is 2. The van der Waals surface area contributed by atoms with Gasteiger partial charge in [-0.1, -0.05) is 42.5 Å². The first-order valence-electron chi connectivity index (χ1n) is 10.1. The number of aliphatic hydroxyl groups is 1. The number of piperidine rings is 1. The summed E-state index contributed by atoms with van der Waals surface area (Å²) in [5.74, 6) is 0.816. The Morgan fingerprint density at radius 1 is 1.07 bits per heavy atom. The van der Waals surface area contributed by atoms with E-state index < -0.39 is 5.60 Å². The van der Waals surface area contributed by atoms with Gasteiger partial charge < -0.3 is 9.84 Å². The topological polar surface area (TPSA) is 48.3 Å². The van der Waals surface area contributed by atoms with Gasteiger partial charge in [-0.3, -0.25) is 9.91 Å². The number of likely N-dealkylation sites (tertiary alicyclic amines) is 1. The highest BCUT2D eigenvalue weighted by atomic mass is 16.5. The summed E-state index contributed by atoms with van der Waals surface area (Å²) in [7, 11) is 1.68. The molecule has 0 aromatic heterocycles. The Morgan fingerprint density at radius 3 is 2.54 bits per heavy atom. The Hall–Kier alpha value is -2.37. The smallest absolute Gasteiger partial charge is 0.144 e. The maximum atomic E-state index is 11.3. The Kier molecular flexibility index (Phi) is 5.64. The minimum Gasteiger partial charge on any atom is -0.495 e. The fourth-order valence-electron chi connectivity index (χ4n) is 4.31. The molecule has 28 heavy (non-hydrogen) atoms. The molecule has 0 bridgehead atoms. The van der Waals surface area contributed by atoms with Crippen LogP contribution in [0.15, 0.2) is 59.7 Å². The predicted molar refractivity (Wildman–Crippen MR) is 113 cm³/mol. The third kappa shape index (κ3) is 4.21. The maximum absolute atomic E-state index is 11.3. The van der Waals surface area contributed by atoms with Crippen molar-refractivity contribution >= 4 is 11.9 Å². The summed E-state index contributed by atoms with van der Waals surface area (Å²) in [5, 5.41) is 17.9. The predicted octanol–water partition coefficient (Wildman–Crippen LogP) is 3.68. The molecule has 5 heteroatoms. The van der Waals surface area contributed by atoms with E-state index in [0.29, 0.717) is 0 Å². The average molecular weight is 380 g/mol. The summed E-state index contributed by atoms with van der Waals surface area (Å²) in [4.78, 5) is 2.44. The average Bonchev–Trinajstić information content (AvgIpc) is 3.18. The van der Waals surface area contributed by atoms with Crippen LogP contribution in [0.1, 0.15) is 31.2 Å². The zero-order valence-electron chi connectivity index (χ0n) is 16.5. The quantitative estimate of drug-likeness (QED) is 0.832. The first-order chi connectivity index (χ1) is 13.7. The molecule has 0 aliphatic carbocycles. The molecule has 1 saturated heterocycles. The molecule has 0 radical (unpaired) electrons. The number of benzene rings is 2. The van der Waals surface area contributed by atoms with Crippen LogP contribution in [0, 0.1) is 0 Å². The van der Waals surface area contributed by atoms with Crippen molar-refractivity contribution in [1.82, 2.24) is 4.90 Å². The molecular formula is C23H29N3O2. The molecule has 2 aliphatic heterocycles. The zero-order chi connectivity index (χ0) is 19.4. The van der Waals surface area contributed by atoms with E-state index in [4.69, 9.17) is 4.74 Å². The number of nitrogens with zero attached hydrogens (tertiary/aromatic N) is 3. The summed E-state index contributed by atoms with van der Waals surface area (Å²) in [5.41, 5.74) is 1.67. The molecule has 2 heterocycles. The van der Waals surface area contributed by atoms with Crippen LogP contribution in [0.25, 0.3) is 0 Å². The van der Waals surface area contributed by atoms with Gasteiger partial charge in [0, 0.05) is 32.3 Å². The number of rotatable bonds is 6. The first kappa shape index (κ1) is 19.0. The highest BCUT2D eigenvalue weighted by Crippen LogP contribution is 2.36. The van der Waals surface area contributed by atoms with E-state index in [9.17, 15) is 5.11 Å². The molecule has 0 amide bonds. The number of methoxy groups -OCH3 is 1. The maximum Gasteiger partial charge on any atom is 0.144 e. The third-order valence-electron chi connectivity index (χ3n) is 5.91. The van der Waals surface area contributed by atoms with E-state index in [1.54, 1.807) is 7.11 Å². The molecule has 5 nitrogen and oxygen atoms in total. The third-order valence-corrected chi connectivity index (χ3v) is 5.91. The second-order valence-corrected chi connectivity index (χ2v) is 7.89. The van der Waals surface area contributed by atoms with E-state index >= 15 is 0 Å². The Labute approximate surface area is 167 Å². The lowest BCUT2D eigenvalue weighted by Gasteiger charge is -2.40. The molecule has 1 fully saturated rings. The molecule has 148 valence electrons. The Bertz CT molecular complexity index is 801. The van der Waals surface area contributed by atoms with Gasteiger partial charge in [0.05, 0.1) is 18.8 Å². The van der Waals surface area contributed by atoms with Crippen molar-refractivity contribution < 1.29 is 9.84 Å². The molecule has 2 aromatic carbocycles. The van der Waals surface area contributed by atoms with Crippen LogP contribution in [0.4, 0.5) is 5.69 Å². The van der Waals surface area contributed by atoms with Gasteiger partial charge in [0.1, 0.15) is 11.4 Å². The number of ether oxygens (including phenoxy) is 1. The van der Waals surface area contributed by atoms with Crippen LogP contribution in [0.5, 0.6) is 5.75 Å². The van der Waals surface area contributed by atoms with Crippen LogP contribution in [0.3, 0.4) is 0 Å². The van der Waals surface area contributed by atoms with E-state index in [1.807, 2.05) is 35.5 Å². The van der Waals surface area contributed by atoms with Gasteiger partial charge in [0.25, 0.3) is 0 Å². The summed E-state index contributed by atoms with van der Waals surface area (Å²) >= 11 is 0. The first-order valence-corrected chi connectivity index (χ1v) is 10.1. The minimum absolute atomic E-state index is 0.168. The summed E-state index contributed by atoms with van der Waals surface area (Å²) in [6.07, 6.45) is 5.13. The minimum atomic E-state index is -0.633. The molecule has 2 aliphatic rings. The van der Waals surface area contributed by atoms with Gasteiger partial charge in [-0.05, 0) is 37.0 Å². The largest absolute Gasteiger partial charge is 0.495 e. The van der Waals surface area contributed by atoms with E-state index in [-0.39, 0.29) is 6.04 Å². The molecule has 2 aromatic rings.